The summed E-state index contributed by atoms with van der Waals surface area (Å²) in [6, 6.07) is 0. The van der Waals surface area contributed by atoms with E-state index in [-0.39, 0.29) is 44.1 Å². The molecule has 318 valence electrons. The molecule has 56 heavy (non-hydrogen) atoms. The Hall–Kier alpha value is -2.69. The topological polar surface area (TPSA) is 208 Å². The van der Waals surface area contributed by atoms with Gasteiger partial charge in [-0.15, -0.1) is 0 Å². The minimum atomic E-state index is -2.31. The second-order valence-electron chi connectivity index (χ2n) is 17.3. The lowest BCUT2D eigenvalue weighted by atomic mass is 9.70. The van der Waals surface area contributed by atoms with E-state index in [1.165, 1.54) is 7.11 Å². The van der Waals surface area contributed by atoms with Crippen LogP contribution >= 0.6 is 0 Å². The fraction of sp³-hybridized carbons (Fsp3) is 0.786. The molecule has 0 aromatic heterocycles. The Labute approximate surface area is 331 Å². The number of carbonyl (C=O) groups excluding carboxylic acids is 3. The molecule has 0 amide bonds. The lowest BCUT2D eigenvalue weighted by molar-refractivity contribution is -0.348. The maximum absolute atomic E-state index is 13.4. The molecule has 14 heteroatoms. The lowest BCUT2D eigenvalue weighted by Gasteiger charge is -2.53. The zero-order chi connectivity index (χ0) is 41.5. The highest BCUT2D eigenvalue weighted by Crippen LogP contribution is 2.49. The summed E-state index contributed by atoms with van der Waals surface area (Å²) in [5, 5.41) is 57.2. The third kappa shape index (κ3) is 11.3. The molecule has 4 rings (SSSR count). The summed E-state index contributed by atoms with van der Waals surface area (Å²) >= 11 is 0. The van der Waals surface area contributed by atoms with Crippen LogP contribution in [0.15, 0.2) is 36.0 Å². The monoisotopic (exact) mass is 794 g/mol. The summed E-state index contributed by atoms with van der Waals surface area (Å²) in [6.45, 7) is 12.5. The van der Waals surface area contributed by atoms with Crippen LogP contribution in [0.4, 0.5) is 0 Å². The van der Waals surface area contributed by atoms with Crippen molar-refractivity contribution in [1.29, 1.82) is 0 Å². The van der Waals surface area contributed by atoms with Gasteiger partial charge in [0.1, 0.15) is 6.10 Å². The molecule has 6 bridgehead atoms. The molecule has 3 fully saturated rings. The van der Waals surface area contributed by atoms with Gasteiger partial charge in [-0.3, -0.25) is 9.59 Å². The molecule has 0 unspecified atom stereocenters. The molecule has 4 aliphatic heterocycles. The molecule has 4 heterocycles. The van der Waals surface area contributed by atoms with Crippen LogP contribution < -0.4 is 0 Å². The number of rotatable bonds is 9. The minimum Gasteiger partial charge on any atom is -0.466 e. The number of fused-ring (bicyclic) bond motifs is 6. The van der Waals surface area contributed by atoms with E-state index < -0.39 is 102 Å². The van der Waals surface area contributed by atoms with Crippen LogP contribution in [0.1, 0.15) is 125 Å². The zero-order valence-corrected chi connectivity index (χ0v) is 34.1. The number of hydrogen-bond acceptors (Lipinski definition) is 14. The van der Waals surface area contributed by atoms with Crippen molar-refractivity contribution < 1.29 is 68.3 Å². The third-order valence-electron chi connectivity index (χ3n) is 11.9. The van der Waals surface area contributed by atoms with Gasteiger partial charge in [-0.1, -0.05) is 84.6 Å². The van der Waals surface area contributed by atoms with Gasteiger partial charge in [-0.25, -0.2) is 4.79 Å². The summed E-state index contributed by atoms with van der Waals surface area (Å²) in [5.41, 5.74) is -1.44. The molecule has 0 aromatic carbocycles. The molecule has 0 aliphatic carbocycles. The van der Waals surface area contributed by atoms with E-state index in [0.29, 0.717) is 19.3 Å². The molecule has 4 aliphatic rings. The lowest BCUT2D eigenvalue weighted by Crippen LogP contribution is -2.62. The van der Waals surface area contributed by atoms with Crippen molar-refractivity contribution in [1.82, 2.24) is 0 Å². The van der Waals surface area contributed by atoms with Gasteiger partial charge in [0.15, 0.2) is 11.9 Å². The van der Waals surface area contributed by atoms with Gasteiger partial charge in [0, 0.05) is 49.0 Å². The number of cyclic esters (lactones) is 1. The van der Waals surface area contributed by atoms with Crippen LogP contribution in [-0.4, -0.2) is 118 Å². The Bertz CT molecular complexity index is 1440. The Morgan fingerprint density at radius 1 is 0.946 bits per heavy atom. The van der Waals surface area contributed by atoms with E-state index in [4.69, 9.17) is 28.4 Å². The van der Waals surface area contributed by atoms with Gasteiger partial charge < -0.3 is 54.0 Å². The summed E-state index contributed by atoms with van der Waals surface area (Å²) in [7, 11) is 1.20. The van der Waals surface area contributed by atoms with Crippen LogP contribution in [0, 0.1) is 10.8 Å². The molecule has 0 aromatic rings. The highest BCUT2D eigenvalue weighted by Gasteiger charge is 2.58. The SMILES string of the molecule is C=C1C[C@H]2C[C@]3(O)O[C@H](C[C@@H](O)CC(=O)O[C@@H](CO)C[C@@H]4C/C(=C\C(=O)OC)[C@H](OC(=O)CCCCCCC)[C@@](O)(O4)C(C)(C)/C=C/[C@@H](C1)O2)C[C@H](O)C3(C)C. The van der Waals surface area contributed by atoms with E-state index >= 15 is 0 Å². The Kier molecular flexibility index (Phi) is 15.9. The van der Waals surface area contributed by atoms with Crippen molar-refractivity contribution in [3.8, 4) is 0 Å². The fourth-order valence-corrected chi connectivity index (χ4v) is 8.21. The normalized spacial score (nSPS) is 37.9. The summed E-state index contributed by atoms with van der Waals surface area (Å²) in [4.78, 5) is 39.2. The van der Waals surface area contributed by atoms with Crippen LogP contribution in [0.2, 0.25) is 0 Å². The number of unbranched alkanes of at least 4 members (excludes halogenated alkanes) is 4. The molecule has 0 spiro atoms. The Balaban J connectivity index is 1.76. The number of hydrogen-bond donors (Lipinski definition) is 5. The van der Waals surface area contributed by atoms with Gasteiger partial charge in [-0.05, 0) is 31.3 Å². The van der Waals surface area contributed by atoms with Crippen molar-refractivity contribution in [2.75, 3.05) is 13.7 Å². The standard InChI is InChI=1S/C42H66O14/c1-8-9-10-11-12-13-35(46)54-38-27(19-36(47)51-7)18-30-22-33(25-43)53-37(48)21-28(44)20-31-23-34(45)40(5,6)41(49,55-31)24-32-17-26(2)16-29(52-32)14-15-39(3,4)42(38,50)56-30/h14-15,19,28-34,38,43-45,49-50H,2,8-13,16-18,20-25H2,1,3-7H3/b15-14+,27-19+/t28-,29+,30+,31-,32+,33-,34+,38+,41+,42-/m1/s1. The molecule has 0 radical (unpaired) electrons. The second kappa shape index (κ2) is 19.4. The van der Waals surface area contributed by atoms with Crippen molar-refractivity contribution in [3.05, 3.63) is 36.0 Å². The quantitative estimate of drug-likeness (QED) is 0.0729. The highest BCUT2D eigenvalue weighted by atomic mass is 16.7. The van der Waals surface area contributed by atoms with Crippen molar-refractivity contribution in [2.24, 2.45) is 10.8 Å². The average molecular weight is 795 g/mol. The van der Waals surface area contributed by atoms with Gasteiger partial charge >= 0.3 is 17.9 Å². The summed E-state index contributed by atoms with van der Waals surface area (Å²) in [6.07, 6.45) is 1.48. The Morgan fingerprint density at radius 2 is 1.66 bits per heavy atom. The molecule has 0 saturated carbocycles. The van der Waals surface area contributed by atoms with Crippen molar-refractivity contribution in [2.45, 2.75) is 185 Å². The van der Waals surface area contributed by atoms with Gasteiger partial charge in [0.25, 0.3) is 0 Å². The maximum Gasteiger partial charge on any atom is 0.330 e. The number of carbonyl (C=O) groups is 3. The van der Waals surface area contributed by atoms with Crippen molar-refractivity contribution >= 4 is 17.9 Å². The van der Waals surface area contributed by atoms with Crippen molar-refractivity contribution in [3.63, 3.8) is 0 Å². The van der Waals surface area contributed by atoms with E-state index in [2.05, 4.69) is 13.5 Å². The van der Waals surface area contributed by atoms with Gasteiger partial charge in [-0.2, -0.15) is 0 Å². The molecule has 10 atom stereocenters. The predicted octanol–water partition coefficient (Wildman–Crippen LogP) is 4.23. The maximum atomic E-state index is 13.4. The average Bonchev–Trinajstić information content (AvgIpc) is 3.10. The minimum absolute atomic E-state index is 0.0382. The number of ether oxygens (including phenoxy) is 6. The molecule has 14 nitrogen and oxygen atoms in total. The number of aliphatic hydroxyl groups is 5. The van der Waals surface area contributed by atoms with E-state index in [1.54, 1.807) is 39.8 Å². The third-order valence-corrected chi connectivity index (χ3v) is 11.9. The highest BCUT2D eigenvalue weighted by molar-refractivity contribution is 5.83. The molecule has 3 saturated heterocycles. The van der Waals surface area contributed by atoms with E-state index in [1.807, 2.05) is 0 Å². The smallest absolute Gasteiger partial charge is 0.330 e. The number of esters is 3. The first-order chi connectivity index (χ1) is 26.2. The first-order valence-electron chi connectivity index (χ1n) is 20.2. The van der Waals surface area contributed by atoms with Gasteiger partial charge in [0.2, 0.25) is 5.79 Å². The summed E-state index contributed by atoms with van der Waals surface area (Å²) < 4.78 is 35.7. The zero-order valence-electron chi connectivity index (χ0n) is 34.1. The molecular formula is C42H66O14. The largest absolute Gasteiger partial charge is 0.466 e. The Morgan fingerprint density at radius 3 is 2.34 bits per heavy atom. The van der Waals surface area contributed by atoms with Gasteiger partial charge in [0.05, 0.1) is 56.8 Å². The number of methoxy groups -OCH3 is 1. The van der Waals surface area contributed by atoms with Crippen LogP contribution in [-0.2, 0) is 42.8 Å². The predicted molar refractivity (Wildman–Crippen MR) is 203 cm³/mol. The molecular weight excluding hydrogens is 728 g/mol. The van der Waals surface area contributed by atoms with Crippen LogP contribution in [0.25, 0.3) is 0 Å². The van der Waals surface area contributed by atoms with E-state index in [0.717, 1.165) is 37.3 Å². The second-order valence-corrected chi connectivity index (χ2v) is 17.3. The molecule has 5 N–H and O–H groups in total. The fourth-order valence-electron chi connectivity index (χ4n) is 8.21. The first-order valence-corrected chi connectivity index (χ1v) is 20.2. The number of aliphatic hydroxyl groups excluding tert-OH is 3. The van der Waals surface area contributed by atoms with Crippen LogP contribution in [0.3, 0.4) is 0 Å². The van der Waals surface area contributed by atoms with E-state index in [9.17, 15) is 39.9 Å². The first kappa shape index (κ1) is 46.0. The summed E-state index contributed by atoms with van der Waals surface area (Å²) in [5.74, 6) is -6.36. The van der Waals surface area contributed by atoms with Crippen LogP contribution in [0.5, 0.6) is 0 Å².